The van der Waals surface area contributed by atoms with Crippen molar-refractivity contribution in [1.29, 1.82) is 0 Å². The molecule has 0 bridgehead atoms. The summed E-state index contributed by atoms with van der Waals surface area (Å²) in [5.74, 6) is 2.99. The topological polar surface area (TPSA) is 61.7 Å². The van der Waals surface area contributed by atoms with Crippen LogP contribution in [-0.4, -0.2) is 30.2 Å². The van der Waals surface area contributed by atoms with E-state index in [2.05, 4.69) is 19.6 Å². The first kappa shape index (κ1) is 14.1. The van der Waals surface area contributed by atoms with E-state index in [-0.39, 0.29) is 0 Å². The van der Waals surface area contributed by atoms with Crippen LogP contribution in [0.3, 0.4) is 0 Å². The van der Waals surface area contributed by atoms with Gasteiger partial charge in [0.2, 0.25) is 5.89 Å². The van der Waals surface area contributed by atoms with Crippen molar-refractivity contribution in [2.45, 2.75) is 33.7 Å². The van der Waals surface area contributed by atoms with E-state index >= 15 is 0 Å². The Hall–Kier alpha value is -1.82. The van der Waals surface area contributed by atoms with E-state index in [1.54, 1.807) is 0 Å². The number of hydrogen-bond acceptors (Lipinski definition) is 4. The van der Waals surface area contributed by atoms with Crippen LogP contribution in [0.2, 0.25) is 0 Å². The molecule has 0 aromatic carbocycles. The van der Waals surface area contributed by atoms with Gasteiger partial charge in [0, 0.05) is 19.3 Å². The van der Waals surface area contributed by atoms with Gasteiger partial charge in [0.05, 0.1) is 11.4 Å². The van der Waals surface area contributed by atoms with Gasteiger partial charge in [-0.15, -0.1) is 11.6 Å². The van der Waals surface area contributed by atoms with Gasteiger partial charge in [-0.3, -0.25) is 4.68 Å². The molecule has 0 aliphatic heterocycles. The second-order valence-electron chi connectivity index (χ2n) is 5.18. The van der Waals surface area contributed by atoms with E-state index in [1.165, 1.54) is 0 Å². The van der Waals surface area contributed by atoms with Crippen LogP contribution in [0.1, 0.15) is 28.9 Å². The molecule has 3 heterocycles. The van der Waals surface area contributed by atoms with Crippen LogP contribution in [-0.2, 0) is 20.0 Å². The maximum absolute atomic E-state index is 5.90. The third-order valence-electron chi connectivity index (χ3n) is 3.65. The SMILES string of the molecule is Cc1nc(Cn2c(CCCl)nc3c(C)nn(C)c32)oc1C. The lowest BCUT2D eigenvalue weighted by molar-refractivity contribution is 0.454. The first-order valence-corrected chi connectivity index (χ1v) is 7.42. The zero-order valence-electron chi connectivity index (χ0n) is 12.6. The number of imidazole rings is 1. The van der Waals surface area contributed by atoms with E-state index in [0.29, 0.717) is 24.7 Å². The molecular formula is C14H18ClN5O. The number of hydrogen-bond donors (Lipinski definition) is 0. The van der Waals surface area contributed by atoms with Gasteiger partial charge in [0.1, 0.15) is 23.6 Å². The predicted molar refractivity (Wildman–Crippen MR) is 80.7 cm³/mol. The molecule has 0 atom stereocenters. The zero-order chi connectivity index (χ0) is 15.1. The molecule has 7 heteroatoms. The van der Waals surface area contributed by atoms with E-state index < -0.39 is 0 Å². The molecule has 0 unspecified atom stereocenters. The van der Waals surface area contributed by atoms with Crippen LogP contribution in [0, 0.1) is 20.8 Å². The Labute approximate surface area is 127 Å². The van der Waals surface area contributed by atoms with Crippen molar-refractivity contribution in [2.75, 3.05) is 5.88 Å². The molecule has 0 radical (unpaired) electrons. The average Bonchev–Trinajstić information content (AvgIpc) is 3.00. The lowest BCUT2D eigenvalue weighted by Gasteiger charge is -2.06. The molecule has 3 aromatic heterocycles. The molecule has 3 aromatic rings. The van der Waals surface area contributed by atoms with Gasteiger partial charge in [-0.1, -0.05) is 0 Å². The Kier molecular flexibility index (Phi) is 3.49. The lowest BCUT2D eigenvalue weighted by atomic mass is 10.4. The molecule has 0 aliphatic carbocycles. The largest absolute Gasteiger partial charge is 0.444 e. The summed E-state index contributed by atoms with van der Waals surface area (Å²) in [6, 6.07) is 0. The second-order valence-corrected chi connectivity index (χ2v) is 5.56. The quantitative estimate of drug-likeness (QED) is 0.695. The molecule has 0 N–H and O–H groups in total. The van der Waals surface area contributed by atoms with Gasteiger partial charge in [0.15, 0.2) is 5.65 Å². The smallest absolute Gasteiger partial charge is 0.214 e. The highest BCUT2D eigenvalue weighted by Crippen LogP contribution is 2.21. The molecule has 0 saturated carbocycles. The van der Waals surface area contributed by atoms with Crippen LogP contribution in [0.25, 0.3) is 11.2 Å². The molecular weight excluding hydrogens is 290 g/mol. The van der Waals surface area contributed by atoms with Gasteiger partial charge >= 0.3 is 0 Å². The number of nitrogens with zero attached hydrogens (tertiary/aromatic N) is 5. The van der Waals surface area contributed by atoms with Gasteiger partial charge in [-0.05, 0) is 20.8 Å². The lowest BCUT2D eigenvalue weighted by Crippen LogP contribution is -2.09. The van der Waals surface area contributed by atoms with Crippen LogP contribution < -0.4 is 0 Å². The molecule has 112 valence electrons. The predicted octanol–water partition coefficient (Wildman–Crippen LogP) is 2.51. The number of halogens is 1. The summed E-state index contributed by atoms with van der Waals surface area (Å²) in [5.41, 5.74) is 3.72. The fraction of sp³-hybridized carbons (Fsp3) is 0.500. The number of rotatable bonds is 4. The van der Waals surface area contributed by atoms with Crippen LogP contribution >= 0.6 is 11.6 Å². The fourth-order valence-electron chi connectivity index (χ4n) is 2.56. The summed E-state index contributed by atoms with van der Waals surface area (Å²) in [4.78, 5) is 9.13. The Morgan fingerprint density at radius 2 is 1.90 bits per heavy atom. The van der Waals surface area contributed by atoms with Crippen molar-refractivity contribution in [3.63, 3.8) is 0 Å². The van der Waals surface area contributed by atoms with Crippen molar-refractivity contribution < 1.29 is 4.42 Å². The third kappa shape index (κ3) is 2.33. The minimum absolute atomic E-state index is 0.527. The second kappa shape index (κ2) is 5.18. The van der Waals surface area contributed by atoms with E-state index in [0.717, 1.165) is 34.1 Å². The van der Waals surface area contributed by atoms with E-state index in [1.807, 2.05) is 32.5 Å². The number of aromatic nitrogens is 5. The highest BCUT2D eigenvalue weighted by atomic mass is 35.5. The number of alkyl halides is 1. The summed E-state index contributed by atoms with van der Waals surface area (Å²) in [6.07, 6.45) is 0.703. The minimum atomic E-state index is 0.527. The Bertz CT molecular complexity index is 779. The summed E-state index contributed by atoms with van der Waals surface area (Å²) in [5, 5.41) is 4.43. The van der Waals surface area contributed by atoms with E-state index in [4.69, 9.17) is 16.0 Å². The Morgan fingerprint density at radius 1 is 1.14 bits per heavy atom. The number of oxazole rings is 1. The first-order valence-electron chi connectivity index (χ1n) is 6.88. The Balaban J connectivity index is 2.12. The summed E-state index contributed by atoms with van der Waals surface area (Å²) < 4.78 is 9.62. The molecule has 0 spiro atoms. The molecule has 6 nitrogen and oxygen atoms in total. The van der Waals surface area contributed by atoms with Gasteiger partial charge in [0.25, 0.3) is 0 Å². The molecule has 0 aliphatic rings. The van der Waals surface area contributed by atoms with Crippen molar-refractivity contribution in [1.82, 2.24) is 24.3 Å². The average molecular weight is 308 g/mol. The standard InChI is InChI=1S/C14H18ClN5O/c1-8-10(3)21-12(16-8)7-20-11(5-6-15)17-13-9(2)18-19(4)14(13)20/h5-7H2,1-4H3. The van der Waals surface area contributed by atoms with Crippen LogP contribution in [0.5, 0.6) is 0 Å². The van der Waals surface area contributed by atoms with Gasteiger partial charge in [-0.2, -0.15) is 5.10 Å². The van der Waals surface area contributed by atoms with Gasteiger partial charge < -0.3 is 8.98 Å². The van der Waals surface area contributed by atoms with Crippen molar-refractivity contribution in [3.8, 4) is 0 Å². The number of fused-ring (bicyclic) bond motifs is 1. The maximum atomic E-state index is 5.90. The normalized spacial score (nSPS) is 11.7. The third-order valence-corrected chi connectivity index (χ3v) is 3.84. The van der Waals surface area contributed by atoms with Crippen molar-refractivity contribution >= 4 is 22.8 Å². The van der Waals surface area contributed by atoms with Crippen LogP contribution in [0.15, 0.2) is 4.42 Å². The minimum Gasteiger partial charge on any atom is -0.444 e. The maximum Gasteiger partial charge on any atom is 0.214 e. The highest BCUT2D eigenvalue weighted by Gasteiger charge is 2.19. The molecule has 21 heavy (non-hydrogen) atoms. The summed E-state index contributed by atoms with van der Waals surface area (Å²) in [6.45, 7) is 6.36. The summed E-state index contributed by atoms with van der Waals surface area (Å²) in [7, 11) is 1.92. The summed E-state index contributed by atoms with van der Waals surface area (Å²) >= 11 is 5.90. The Morgan fingerprint density at radius 3 is 2.52 bits per heavy atom. The zero-order valence-corrected chi connectivity index (χ0v) is 13.4. The van der Waals surface area contributed by atoms with Gasteiger partial charge in [-0.25, -0.2) is 9.97 Å². The molecule has 0 amide bonds. The number of aryl methyl sites for hydroxylation is 5. The molecule has 3 rings (SSSR count). The van der Waals surface area contributed by atoms with Crippen LogP contribution in [0.4, 0.5) is 0 Å². The molecule has 0 fully saturated rings. The molecule has 0 saturated heterocycles. The monoisotopic (exact) mass is 307 g/mol. The first-order chi connectivity index (χ1) is 10.0. The highest BCUT2D eigenvalue weighted by molar-refractivity contribution is 6.17. The van der Waals surface area contributed by atoms with Crippen molar-refractivity contribution in [3.05, 3.63) is 28.9 Å². The van der Waals surface area contributed by atoms with E-state index in [9.17, 15) is 0 Å². The fourth-order valence-corrected chi connectivity index (χ4v) is 2.73. The van der Waals surface area contributed by atoms with Crippen molar-refractivity contribution in [2.24, 2.45) is 7.05 Å².